The second-order valence-electron chi connectivity index (χ2n) is 3.08. The summed E-state index contributed by atoms with van der Waals surface area (Å²) in [6.07, 6.45) is 3.81. The zero-order chi connectivity index (χ0) is 9.68. The van der Waals surface area contributed by atoms with Crippen LogP contribution < -0.4 is 0 Å². The third-order valence-corrected chi connectivity index (χ3v) is 1.97. The minimum absolute atomic E-state index is 0.125. The largest absolute Gasteiger partial charge is 0.295 e. The third-order valence-electron chi connectivity index (χ3n) is 1.97. The maximum Gasteiger partial charge on any atom is 0.159 e. The van der Waals surface area contributed by atoms with Crippen LogP contribution in [0.2, 0.25) is 0 Å². The average Bonchev–Trinajstić information content (AvgIpc) is 2.15. The summed E-state index contributed by atoms with van der Waals surface area (Å²) in [5.41, 5.74) is 1.99. The minimum Gasteiger partial charge on any atom is -0.295 e. The van der Waals surface area contributed by atoms with Crippen molar-refractivity contribution in [3.05, 3.63) is 48.0 Å². The molecule has 0 amide bonds. The van der Waals surface area contributed by atoms with E-state index in [4.69, 9.17) is 0 Å². The van der Waals surface area contributed by atoms with Gasteiger partial charge in [-0.3, -0.25) is 4.79 Å². The van der Waals surface area contributed by atoms with Crippen molar-refractivity contribution in [2.75, 3.05) is 0 Å². The molecule has 0 heterocycles. The molecule has 0 aliphatic heterocycles. The highest BCUT2D eigenvalue weighted by Gasteiger charge is 1.99. The normalized spacial score (nSPS) is 9.62. The Kier molecular flexibility index (Phi) is 3.44. The van der Waals surface area contributed by atoms with Gasteiger partial charge in [-0.2, -0.15) is 0 Å². The summed E-state index contributed by atoms with van der Waals surface area (Å²) in [7, 11) is 0. The van der Waals surface area contributed by atoms with Crippen molar-refractivity contribution in [2.24, 2.45) is 0 Å². The van der Waals surface area contributed by atoms with Gasteiger partial charge in [0.1, 0.15) is 0 Å². The molecule has 0 fully saturated rings. The van der Waals surface area contributed by atoms with Gasteiger partial charge >= 0.3 is 0 Å². The predicted octanol–water partition coefficient (Wildman–Crippen LogP) is 3.01. The lowest BCUT2D eigenvalue weighted by molar-refractivity contribution is 0.101. The van der Waals surface area contributed by atoms with E-state index in [1.54, 1.807) is 6.92 Å². The van der Waals surface area contributed by atoms with Gasteiger partial charge in [0, 0.05) is 5.56 Å². The van der Waals surface area contributed by atoms with Crippen molar-refractivity contribution in [3.63, 3.8) is 0 Å². The number of rotatable bonds is 4. The molecule has 0 aliphatic carbocycles. The van der Waals surface area contributed by atoms with Crippen LogP contribution in [0.15, 0.2) is 36.9 Å². The molecule has 0 atom stereocenters. The van der Waals surface area contributed by atoms with Crippen LogP contribution in [0, 0.1) is 0 Å². The van der Waals surface area contributed by atoms with Gasteiger partial charge in [0.25, 0.3) is 0 Å². The van der Waals surface area contributed by atoms with E-state index < -0.39 is 0 Å². The maximum absolute atomic E-state index is 11.1. The molecule has 1 rings (SSSR count). The van der Waals surface area contributed by atoms with Gasteiger partial charge in [0.15, 0.2) is 5.78 Å². The maximum atomic E-state index is 11.1. The Labute approximate surface area is 79.1 Å². The Balaban J connectivity index is 2.79. The first-order valence-electron chi connectivity index (χ1n) is 4.45. The molecule has 0 spiro atoms. The standard InChI is InChI=1S/C12H14O/c1-3-4-6-11-7-5-8-12(9-11)10(2)13/h3,5,7-9H,1,4,6H2,2H3. The summed E-state index contributed by atoms with van der Waals surface area (Å²) in [5.74, 6) is 0.125. The zero-order valence-electron chi connectivity index (χ0n) is 7.92. The van der Waals surface area contributed by atoms with Gasteiger partial charge in [0.2, 0.25) is 0 Å². The lowest BCUT2D eigenvalue weighted by Gasteiger charge is -2.00. The molecule has 0 bridgehead atoms. The van der Waals surface area contributed by atoms with Gasteiger partial charge in [-0.1, -0.05) is 24.3 Å². The molecule has 0 aliphatic rings. The van der Waals surface area contributed by atoms with E-state index in [0.29, 0.717) is 0 Å². The summed E-state index contributed by atoms with van der Waals surface area (Å²) >= 11 is 0. The SMILES string of the molecule is C=CCCc1cccc(C(C)=O)c1. The first kappa shape index (κ1) is 9.72. The van der Waals surface area contributed by atoms with Crippen LogP contribution >= 0.6 is 0 Å². The second-order valence-corrected chi connectivity index (χ2v) is 3.08. The minimum atomic E-state index is 0.125. The Morgan fingerprint density at radius 3 is 2.92 bits per heavy atom. The zero-order valence-corrected chi connectivity index (χ0v) is 7.92. The number of Topliss-reactive ketones (excluding diaryl/α,β-unsaturated/α-hetero) is 1. The highest BCUT2D eigenvalue weighted by atomic mass is 16.1. The van der Waals surface area contributed by atoms with E-state index in [-0.39, 0.29) is 5.78 Å². The number of hydrogen-bond donors (Lipinski definition) is 0. The smallest absolute Gasteiger partial charge is 0.159 e. The lowest BCUT2D eigenvalue weighted by Crippen LogP contribution is -1.93. The molecule has 68 valence electrons. The number of carbonyl (C=O) groups is 1. The van der Waals surface area contributed by atoms with Gasteiger partial charge in [-0.05, 0) is 31.4 Å². The number of carbonyl (C=O) groups excluding carboxylic acids is 1. The molecule has 0 radical (unpaired) electrons. The van der Waals surface area contributed by atoms with Crippen molar-refractivity contribution in [1.29, 1.82) is 0 Å². The van der Waals surface area contributed by atoms with E-state index in [0.717, 1.165) is 18.4 Å². The second kappa shape index (κ2) is 4.61. The van der Waals surface area contributed by atoms with Crippen LogP contribution in [0.25, 0.3) is 0 Å². The lowest BCUT2D eigenvalue weighted by atomic mass is 10.0. The number of ketones is 1. The highest BCUT2D eigenvalue weighted by Crippen LogP contribution is 2.08. The molecule has 1 aromatic rings. The first-order chi connectivity index (χ1) is 6.24. The molecule has 1 aromatic carbocycles. The van der Waals surface area contributed by atoms with Crippen LogP contribution in [0.5, 0.6) is 0 Å². The fraction of sp³-hybridized carbons (Fsp3) is 0.250. The van der Waals surface area contributed by atoms with Crippen LogP contribution in [0.3, 0.4) is 0 Å². The quantitative estimate of drug-likeness (QED) is 0.506. The molecule has 1 heteroatoms. The fourth-order valence-corrected chi connectivity index (χ4v) is 1.21. The number of benzene rings is 1. The molecule has 0 saturated heterocycles. The van der Waals surface area contributed by atoms with Gasteiger partial charge in [0.05, 0.1) is 0 Å². The van der Waals surface area contributed by atoms with E-state index in [9.17, 15) is 4.79 Å². The molecule has 0 aromatic heterocycles. The molecule has 1 nitrogen and oxygen atoms in total. The van der Waals surface area contributed by atoms with Crippen LogP contribution in [0.4, 0.5) is 0 Å². The van der Waals surface area contributed by atoms with Crippen molar-refractivity contribution in [3.8, 4) is 0 Å². The summed E-state index contributed by atoms with van der Waals surface area (Å²) in [4.78, 5) is 11.1. The third kappa shape index (κ3) is 2.86. The topological polar surface area (TPSA) is 17.1 Å². The molecule has 0 N–H and O–H groups in total. The van der Waals surface area contributed by atoms with Crippen molar-refractivity contribution in [1.82, 2.24) is 0 Å². The van der Waals surface area contributed by atoms with Crippen molar-refractivity contribution < 1.29 is 4.79 Å². The van der Waals surface area contributed by atoms with E-state index in [1.807, 2.05) is 30.3 Å². The Hall–Kier alpha value is -1.37. The van der Waals surface area contributed by atoms with Crippen LogP contribution in [0.1, 0.15) is 29.3 Å². The molecule has 0 unspecified atom stereocenters. The average molecular weight is 174 g/mol. The molecule has 13 heavy (non-hydrogen) atoms. The summed E-state index contributed by atoms with van der Waals surface area (Å²) in [6.45, 7) is 5.26. The first-order valence-corrected chi connectivity index (χ1v) is 4.45. The monoisotopic (exact) mass is 174 g/mol. The van der Waals surface area contributed by atoms with Gasteiger partial charge in [-0.25, -0.2) is 0 Å². The Bertz CT molecular complexity index is 313. The van der Waals surface area contributed by atoms with Gasteiger partial charge in [-0.15, -0.1) is 6.58 Å². The van der Waals surface area contributed by atoms with Crippen LogP contribution in [-0.4, -0.2) is 5.78 Å². The summed E-state index contributed by atoms with van der Waals surface area (Å²) in [6, 6.07) is 7.76. The van der Waals surface area contributed by atoms with Crippen molar-refractivity contribution >= 4 is 5.78 Å². The van der Waals surface area contributed by atoms with Crippen LogP contribution in [-0.2, 0) is 6.42 Å². The Morgan fingerprint density at radius 1 is 1.54 bits per heavy atom. The van der Waals surface area contributed by atoms with E-state index >= 15 is 0 Å². The molecular formula is C12H14O. The van der Waals surface area contributed by atoms with Crippen molar-refractivity contribution in [2.45, 2.75) is 19.8 Å². The summed E-state index contributed by atoms with van der Waals surface area (Å²) < 4.78 is 0. The fourth-order valence-electron chi connectivity index (χ4n) is 1.21. The predicted molar refractivity (Wildman–Crippen MR) is 55.0 cm³/mol. The molecular weight excluding hydrogens is 160 g/mol. The highest BCUT2D eigenvalue weighted by molar-refractivity contribution is 5.94. The molecule has 0 saturated carbocycles. The Morgan fingerprint density at radius 2 is 2.31 bits per heavy atom. The van der Waals surface area contributed by atoms with E-state index in [1.165, 1.54) is 5.56 Å². The number of aryl methyl sites for hydroxylation is 1. The van der Waals surface area contributed by atoms with Gasteiger partial charge < -0.3 is 0 Å². The number of hydrogen-bond acceptors (Lipinski definition) is 1. The summed E-state index contributed by atoms with van der Waals surface area (Å²) in [5, 5.41) is 0. The van der Waals surface area contributed by atoms with E-state index in [2.05, 4.69) is 6.58 Å². The number of allylic oxidation sites excluding steroid dienone is 1.